The number of hydrogen-bond acceptors (Lipinski definition) is 4. The van der Waals surface area contributed by atoms with Gasteiger partial charge >= 0.3 is 0 Å². The molecule has 22 heavy (non-hydrogen) atoms. The molecule has 4 nitrogen and oxygen atoms in total. The predicted octanol–water partition coefficient (Wildman–Crippen LogP) is 2.45. The molecule has 0 N–H and O–H groups in total. The van der Waals surface area contributed by atoms with Crippen molar-refractivity contribution in [2.75, 3.05) is 40.6 Å². The van der Waals surface area contributed by atoms with Crippen molar-refractivity contribution in [1.29, 1.82) is 0 Å². The number of hydrogen-bond donors (Lipinski definition) is 0. The van der Waals surface area contributed by atoms with Crippen LogP contribution in [0.2, 0.25) is 0 Å². The molecule has 0 aromatic heterocycles. The fourth-order valence-corrected chi connectivity index (χ4v) is 3.67. The lowest BCUT2D eigenvalue weighted by Gasteiger charge is -2.18. The minimum Gasteiger partial charge on any atom is -0.382 e. The van der Waals surface area contributed by atoms with E-state index < -0.39 is 0 Å². The highest BCUT2D eigenvalue weighted by Gasteiger charge is 2.44. The number of methoxy groups -OCH3 is 2. The average molecular weight is 308 g/mol. The third-order valence-corrected chi connectivity index (χ3v) is 4.96. The van der Waals surface area contributed by atoms with Crippen LogP contribution in [0.4, 0.5) is 0 Å². The molecule has 2 saturated heterocycles. The van der Waals surface area contributed by atoms with Crippen molar-refractivity contribution in [3.63, 3.8) is 0 Å². The van der Waals surface area contributed by atoms with Gasteiger partial charge in [0.05, 0.1) is 26.4 Å². The van der Waals surface area contributed by atoms with Gasteiger partial charge in [-0.15, -0.1) is 0 Å². The Kier molecular flexibility index (Phi) is 5.69. The highest BCUT2D eigenvalue weighted by atomic mass is 16.6. The largest absolute Gasteiger partial charge is 0.382 e. The fraction of sp³-hybridized carbons (Fsp3) is 0.778. The molecule has 4 heteroatoms. The van der Waals surface area contributed by atoms with Gasteiger partial charge in [0.2, 0.25) is 0 Å². The van der Waals surface area contributed by atoms with Gasteiger partial charge in [-0.05, 0) is 36.5 Å². The second kappa shape index (κ2) is 7.73. The summed E-state index contributed by atoms with van der Waals surface area (Å²) in [6.07, 6.45) is 13.4. The zero-order valence-electron chi connectivity index (χ0n) is 13.6. The molecule has 0 spiro atoms. The van der Waals surface area contributed by atoms with Crippen molar-refractivity contribution < 1.29 is 18.9 Å². The molecule has 0 aromatic rings. The molecule has 0 aromatic carbocycles. The lowest BCUT2D eigenvalue weighted by molar-refractivity contribution is 0.171. The topological polar surface area (TPSA) is 43.5 Å². The highest BCUT2D eigenvalue weighted by Crippen LogP contribution is 2.52. The summed E-state index contributed by atoms with van der Waals surface area (Å²) in [5.41, 5.74) is 0. The summed E-state index contributed by atoms with van der Waals surface area (Å²) >= 11 is 0. The quantitative estimate of drug-likeness (QED) is 0.591. The summed E-state index contributed by atoms with van der Waals surface area (Å²) in [6, 6.07) is 0. The lowest BCUT2D eigenvalue weighted by Crippen LogP contribution is -2.12. The first-order valence-corrected chi connectivity index (χ1v) is 8.38. The number of fused-ring (bicyclic) bond motifs is 5. The molecule has 124 valence electrons. The van der Waals surface area contributed by atoms with Gasteiger partial charge in [-0.2, -0.15) is 0 Å². The minimum absolute atomic E-state index is 0.426. The Bertz CT molecular complexity index is 384. The third kappa shape index (κ3) is 4.42. The molecular formula is C18H28O4. The molecule has 3 fully saturated rings. The van der Waals surface area contributed by atoms with Crippen molar-refractivity contribution >= 4 is 0 Å². The maximum Gasteiger partial charge on any atom is 0.104 e. The van der Waals surface area contributed by atoms with Gasteiger partial charge in [0.1, 0.15) is 12.2 Å². The molecule has 5 aliphatic rings. The van der Waals surface area contributed by atoms with Gasteiger partial charge in [-0.1, -0.05) is 24.3 Å². The Balaban J connectivity index is 0.000000105. The first kappa shape index (κ1) is 16.2. The Hall–Kier alpha value is -0.680. The molecule has 1 saturated carbocycles. The van der Waals surface area contributed by atoms with Crippen LogP contribution in [0.3, 0.4) is 0 Å². The monoisotopic (exact) mass is 308 g/mol. The van der Waals surface area contributed by atoms with E-state index in [1.54, 1.807) is 14.2 Å². The van der Waals surface area contributed by atoms with E-state index in [4.69, 9.17) is 18.9 Å². The summed E-state index contributed by atoms with van der Waals surface area (Å²) < 4.78 is 19.1. The zero-order chi connectivity index (χ0) is 15.4. The first-order valence-electron chi connectivity index (χ1n) is 8.38. The number of rotatable bonds is 4. The Labute approximate surface area is 133 Å². The fourth-order valence-electron chi connectivity index (χ4n) is 3.67. The molecule has 0 radical (unpaired) electrons. The summed E-state index contributed by atoms with van der Waals surface area (Å²) in [5, 5.41) is 0. The van der Waals surface area contributed by atoms with Crippen LogP contribution in [-0.2, 0) is 18.9 Å². The molecule has 6 atom stereocenters. The normalized spacial score (nSPS) is 41.4. The van der Waals surface area contributed by atoms with Crippen LogP contribution in [0.5, 0.6) is 0 Å². The van der Waals surface area contributed by atoms with Gasteiger partial charge in [0.25, 0.3) is 0 Å². The van der Waals surface area contributed by atoms with Crippen LogP contribution in [0, 0.1) is 23.7 Å². The van der Waals surface area contributed by atoms with Crippen LogP contribution in [0.15, 0.2) is 24.3 Å². The van der Waals surface area contributed by atoms with E-state index in [1.807, 2.05) is 0 Å². The van der Waals surface area contributed by atoms with Crippen molar-refractivity contribution in [3.05, 3.63) is 24.3 Å². The van der Waals surface area contributed by atoms with Crippen molar-refractivity contribution in [3.8, 4) is 0 Å². The molecule has 0 amide bonds. The van der Waals surface area contributed by atoms with Crippen molar-refractivity contribution in [2.45, 2.75) is 25.0 Å². The van der Waals surface area contributed by atoms with E-state index in [-0.39, 0.29) is 0 Å². The van der Waals surface area contributed by atoms with Crippen LogP contribution in [-0.4, -0.2) is 52.9 Å². The molecule has 2 aliphatic heterocycles. The molecule has 2 heterocycles. The summed E-state index contributed by atoms with van der Waals surface area (Å²) in [6.45, 7) is 3.32. The summed E-state index contributed by atoms with van der Waals surface area (Å²) in [5.74, 6) is 3.82. The molecule has 6 unspecified atom stereocenters. The van der Waals surface area contributed by atoms with E-state index in [2.05, 4.69) is 24.3 Å². The maximum atomic E-state index is 4.82. The minimum atomic E-state index is 0.426. The maximum absolute atomic E-state index is 4.82. The van der Waals surface area contributed by atoms with Crippen LogP contribution >= 0.6 is 0 Å². The second-order valence-corrected chi connectivity index (χ2v) is 6.67. The molecular weight excluding hydrogens is 280 g/mol. The van der Waals surface area contributed by atoms with Crippen LogP contribution in [0.1, 0.15) is 12.8 Å². The van der Waals surface area contributed by atoms with E-state index in [0.717, 1.165) is 50.1 Å². The van der Waals surface area contributed by atoms with E-state index >= 15 is 0 Å². The van der Waals surface area contributed by atoms with Gasteiger partial charge in [-0.3, -0.25) is 0 Å². The highest BCUT2D eigenvalue weighted by molar-refractivity contribution is 5.21. The predicted molar refractivity (Wildman–Crippen MR) is 84.7 cm³/mol. The van der Waals surface area contributed by atoms with Crippen LogP contribution in [0.25, 0.3) is 0 Å². The third-order valence-electron chi connectivity index (χ3n) is 4.96. The number of allylic oxidation sites excluding steroid dienone is 4. The molecule has 2 bridgehead atoms. The number of epoxide rings is 2. The molecule has 5 rings (SSSR count). The Morgan fingerprint density at radius 3 is 1.95 bits per heavy atom. The second-order valence-electron chi connectivity index (χ2n) is 6.67. The van der Waals surface area contributed by atoms with E-state index in [1.165, 1.54) is 12.8 Å². The van der Waals surface area contributed by atoms with Crippen molar-refractivity contribution in [2.24, 2.45) is 23.7 Å². The van der Waals surface area contributed by atoms with Gasteiger partial charge in [0, 0.05) is 14.2 Å². The average Bonchev–Trinajstić information content (AvgIpc) is 3.37. The lowest BCUT2D eigenvalue weighted by atomic mass is 9.86. The first-order chi connectivity index (χ1) is 10.8. The zero-order valence-corrected chi connectivity index (χ0v) is 13.6. The molecule has 3 aliphatic carbocycles. The van der Waals surface area contributed by atoms with Gasteiger partial charge < -0.3 is 18.9 Å². The van der Waals surface area contributed by atoms with E-state index in [0.29, 0.717) is 12.2 Å². The van der Waals surface area contributed by atoms with Gasteiger partial charge in [-0.25, -0.2) is 0 Å². The standard InChI is InChI=1S/C10H12.2C4H8O2/c1-2-9-7-4-5-8(6-7)10(9)3-1;2*1-5-2-4-3-6-4/h1-2,4-5,7-10H,3,6H2;2*4H,2-3H2,1H3. The number of ether oxygens (including phenoxy) is 4. The van der Waals surface area contributed by atoms with Crippen molar-refractivity contribution in [1.82, 2.24) is 0 Å². The SMILES string of the molecule is C1=CC2C3C=CC(C3)C2C1.COCC1CO1.COCC1CO1. The summed E-state index contributed by atoms with van der Waals surface area (Å²) in [4.78, 5) is 0. The Morgan fingerprint density at radius 2 is 1.50 bits per heavy atom. The van der Waals surface area contributed by atoms with E-state index in [9.17, 15) is 0 Å². The summed E-state index contributed by atoms with van der Waals surface area (Å²) in [7, 11) is 3.36. The Morgan fingerprint density at radius 1 is 0.909 bits per heavy atom. The van der Waals surface area contributed by atoms with Gasteiger partial charge in [0.15, 0.2) is 0 Å². The smallest absolute Gasteiger partial charge is 0.104 e. The van der Waals surface area contributed by atoms with Crippen LogP contribution < -0.4 is 0 Å².